The number of rotatable bonds is 7. The summed E-state index contributed by atoms with van der Waals surface area (Å²) in [5.41, 5.74) is 1.15. The molecule has 1 aromatic carbocycles. The number of amides is 2. The molecule has 148 valence electrons. The molecule has 27 heavy (non-hydrogen) atoms. The van der Waals surface area contributed by atoms with Gasteiger partial charge in [-0.3, -0.25) is 9.59 Å². The molecular weight excluding hydrogens is 342 g/mol. The fourth-order valence-corrected chi connectivity index (χ4v) is 3.85. The van der Waals surface area contributed by atoms with Gasteiger partial charge in [-0.1, -0.05) is 12.1 Å². The molecule has 0 bridgehead atoms. The SMILES string of the molecule is Cc1cccc(OCCC(=O)N2CCCC(CNC(=O)C3CCCN3)C2)c1. The van der Waals surface area contributed by atoms with E-state index in [9.17, 15) is 9.59 Å². The molecule has 6 heteroatoms. The van der Waals surface area contributed by atoms with Crippen LogP contribution in [-0.4, -0.2) is 55.5 Å². The third-order valence-corrected chi connectivity index (χ3v) is 5.39. The van der Waals surface area contributed by atoms with Gasteiger partial charge in [-0.05, 0) is 62.8 Å². The third kappa shape index (κ3) is 5.96. The molecule has 0 aromatic heterocycles. The number of hydrogen-bond acceptors (Lipinski definition) is 4. The maximum Gasteiger partial charge on any atom is 0.237 e. The van der Waals surface area contributed by atoms with Gasteiger partial charge in [-0.2, -0.15) is 0 Å². The summed E-state index contributed by atoms with van der Waals surface area (Å²) in [7, 11) is 0. The van der Waals surface area contributed by atoms with Crippen LogP contribution in [0.1, 0.15) is 37.7 Å². The smallest absolute Gasteiger partial charge is 0.237 e. The molecule has 0 aliphatic carbocycles. The zero-order chi connectivity index (χ0) is 19.1. The lowest BCUT2D eigenvalue weighted by Crippen LogP contribution is -2.46. The maximum absolute atomic E-state index is 12.5. The third-order valence-electron chi connectivity index (χ3n) is 5.39. The largest absolute Gasteiger partial charge is 0.493 e. The molecular formula is C21H31N3O3. The van der Waals surface area contributed by atoms with E-state index in [2.05, 4.69) is 10.6 Å². The Balaban J connectivity index is 1.37. The summed E-state index contributed by atoms with van der Waals surface area (Å²) in [5, 5.41) is 6.28. The predicted molar refractivity (Wildman–Crippen MR) is 105 cm³/mol. The molecule has 0 radical (unpaired) electrons. The van der Waals surface area contributed by atoms with Gasteiger partial charge in [0, 0.05) is 19.6 Å². The first-order valence-electron chi connectivity index (χ1n) is 10.1. The normalized spacial score (nSPS) is 22.5. The van der Waals surface area contributed by atoms with E-state index in [0.29, 0.717) is 25.5 Å². The number of likely N-dealkylation sites (tertiary alicyclic amines) is 1. The fraction of sp³-hybridized carbons (Fsp3) is 0.619. The number of benzene rings is 1. The van der Waals surface area contributed by atoms with Crippen molar-refractivity contribution < 1.29 is 14.3 Å². The van der Waals surface area contributed by atoms with E-state index in [-0.39, 0.29) is 17.9 Å². The maximum atomic E-state index is 12.5. The first kappa shape index (κ1) is 19.7. The van der Waals surface area contributed by atoms with Crippen LogP contribution >= 0.6 is 0 Å². The summed E-state index contributed by atoms with van der Waals surface area (Å²) in [6.45, 7) is 5.52. The van der Waals surface area contributed by atoms with E-state index in [1.807, 2.05) is 36.1 Å². The summed E-state index contributed by atoms with van der Waals surface area (Å²) < 4.78 is 5.70. The number of carbonyl (C=O) groups excluding carboxylic acids is 2. The lowest BCUT2D eigenvalue weighted by atomic mass is 9.97. The molecule has 6 nitrogen and oxygen atoms in total. The van der Waals surface area contributed by atoms with Crippen molar-refractivity contribution in [2.75, 3.05) is 32.8 Å². The van der Waals surface area contributed by atoms with E-state index >= 15 is 0 Å². The van der Waals surface area contributed by atoms with Gasteiger partial charge < -0.3 is 20.3 Å². The second-order valence-corrected chi connectivity index (χ2v) is 7.66. The molecule has 2 N–H and O–H groups in total. The molecule has 2 aliphatic heterocycles. The van der Waals surface area contributed by atoms with Crippen LogP contribution in [0, 0.1) is 12.8 Å². The predicted octanol–water partition coefficient (Wildman–Crippen LogP) is 1.87. The standard InChI is InChI=1S/C21H31N3O3/c1-16-5-2-7-18(13-16)27-12-9-20(25)24-11-4-6-17(15-24)14-23-21(26)19-8-3-10-22-19/h2,5,7,13,17,19,22H,3-4,6,8-12,14-15H2,1H3,(H,23,26). The Morgan fingerprint density at radius 1 is 1.30 bits per heavy atom. The van der Waals surface area contributed by atoms with Crippen molar-refractivity contribution in [2.45, 2.75) is 45.1 Å². The van der Waals surface area contributed by atoms with Crippen LogP contribution in [0.2, 0.25) is 0 Å². The van der Waals surface area contributed by atoms with Crippen molar-refractivity contribution in [1.29, 1.82) is 0 Å². The van der Waals surface area contributed by atoms with Crippen LogP contribution in [0.3, 0.4) is 0 Å². The van der Waals surface area contributed by atoms with E-state index in [0.717, 1.165) is 56.6 Å². The van der Waals surface area contributed by atoms with Crippen LogP contribution in [0.4, 0.5) is 0 Å². The van der Waals surface area contributed by atoms with Gasteiger partial charge in [0.1, 0.15) is 5.75 Å². The van der Waals surface area contributed by atoms with E-state index in [1.165, 1.54) is 0 Å². The average molecular weight is 373 g/mol. The number of aryl methyl sites for hydroxylation is 1. The van der Waals surface area contributed by atoms with Crippen LogP contribution in [0.15, 0.2) is 24.3 Å². The zero-order valence-electron chi connectivity index (χ0n) is 16.2. The minimum Gasteiger partial charge on any atom is -0.493 e. The average Bonchev–Trinajstić information content (AvgIpc) is 3.21. The van der Waals surface area contributed by atoms with Gasteiger partial charge in [-0.25, -0.2) is 0 Å². The lowest BCUT2D eigenvalue weighted by Gasteiger charge is -2.33. The minimum atomic E-state index is -0.0369. The van der Waals surface area contributed by atoms with Crippen LogP contribution in [0.25, 0.3) is 0 Å². The summed E-state index contributed by atoms with van der Waals surface area (Å²) in [4.78, 5) is 26.6. The van der Waals surface area contributed by atoms with Crippen molar-refractivity contribution in [2.24, 2.45) is 5.92 Å². The van der Waals surface area contributed by atoms with E-state index in [1.54, 1.807) is 0 Å². The van der Waals surface area contributed by atoms with Gasteiger partial charge >= 0.3 is 0 Å². The Bertz CT molecular complexity index is 643. The summed E-state index contributed by atoms with van der Waals surface area (Å²) in [5.74, 6) is 1.38. The number of carbonyl (C=O) groups is 2. The minimum absolute atomic E-state index is 0.0369. The Morgan fingerprint density at radius 2 is 2.19 bits per heavy atom. The van der Waals surface area contributed by atoms with Crippen molar-refractivity contribution in [3.8, 4) is 5.75 Å². The van der Waals surface area contributed by atoms with Gasteiger partial charge in [0.2, 0.25) is 11.8 Å². The van der Waals surface area contributed by atoms with Gasteiger partial charge in [0.05, 0.1) is 19.1 Å². The lowest BCUT2D eigenvalue weighted by molar-refractivity contribution is -0.133. The number of nitrogens with one attached hydrogen (secondary N) is 2. The van der Waals surface area contributed by atoms with Gasteiger partial charge in [0.25, 0.3) is 0 Å². The van der Waals surface area contributed by atoms with Crippen LogP contribution in [-0.2, 0) is 9.59 Å². The molecule has 3 rings (SSSR count). The molecule has 0 spiro atoms. The second-order valence-electron chi connectivity index (χ2n) is 7.66. The Morgan fingerprint density at radius 3 is 2.96 bits per heavy atom. The molecule has 1 aromatic rings. The van der Waals surface area contributed by atoms with Crippen LogP contribution in [0.5, 0.6) is 5.75 Å². The molecule has 2 amide bonds. The molecule has 2 saturated heterocycles. The Hall–Kier alpha value is -2.08. The van der Waals surface area contributed by atoms with E-state index in [4.69, 9.17) is 4.74 Å². The highest BCUT2D eigenvalue weighted by atomic mass is 16.5. The van der Waals surface area contributed by atoms with Gasteiger partial charge in [0.15, 0.2) is 0 Å². The molecule has 2 heterocycles. The number of nitrogens with zero attached hydrogens (tertiary/aromatic N) is 1. The zero-order valence-corrected chi connectivity index (χ0v) is 16.2. The summed E-state index contributed by atoms with van der Waals surface area (Å²) in [6.07, 6.45) is 4.42. The molecule has 2 aliphatic rings. The first-order valence-corrected chi connectivity index (χ1v) is 10.1. The summed E-state index contributed by atoms with van der Waals surface area (Å²) in [6, 6.07) is 7.83. The quantitative estimate of drug-likeness (QED) is 0.766. The van der Waals surface area contributed by atoms with Crippen molar-refractivity contribution in [1.82, 2.24) is 15.5 Å². The highest BCUT2D eigenvalue weighted by Crippen LogP contribution is 2.18. The number of piperidine rings is 1. The monoisotopic (exact) mass is 373 g/mol. The Kier molecular flexibility index (Phi) is 7.10. The highest BCUT2D eigenvalue weighted by molar-refractivity contribution is 5.82. The number of ether oxygens (including phenoxy) is 1. The fourth-order valence-electron chi connectivity index (χ4n) is 3.85. The summed E-state index contributed by atoms with van der Waals surface area (Å²) >= 11 is 0. The molecule has 0 saturated carbocycles. The van der Waals surface area contributed by atoms with Crippen LogP contribution < -0.4 is 15.4 Å². The van der Waals surface area contributed by atoms with Crippen molar-refractivity contribution >= 4 is 11.8 Å². The topological polar surface area (TPSA) is 70.7 Å². The molecule has 2 atom stereocenters. The molecule has 2 fully saturated rings. The number of hydrogen-bond donors (Lipinski definition) is 2. The van der Waals surface area contributed by atoms with Crippen molar-refractivity contribution in [3.05, 3.63) is 29.8 Å². The Labute approximate surface area is 161 Å². The molecule has 2 unspecified atom stereocenters. The van der Waals surface area contributed by atoms with Gasteiger partial charge in [-0.15, -0.1) is 0 Å². The van der Waals surface area contributed by atoms with Crippen molar-refractivity contribution in [3.63, 3.8) is 0 Å². The second kappa shape index (κ2) is 9.74. The first-order chi connectivity index (χ1) is 13.1. The highest BCUT2D eigenvalue weighted by Gasteiger charge is 2.26. The van der Waals surface area contributed by atoms with E-state index < -0.39 is 0 Å².